The second-order valence-corrected chi connectivity index (χ2v) is 9.78. The number of rotatable bonds is 7. The van der Waals surface area contributed by atoms with Gasteiger partial charge in [-0.3, -0.25) is 9.79 Å². The van der Waals surface area contributed by atoms with Crippen molar-refractivity contribution in [3.63, 3.8) is 0 Å². The van der Waals surface area contributed by atoms with E-state index >= 15 is 0 Å². The zero-order chi connectivity index (χ0) is 20.7. The van der Waals surface area contributed by atoms with Crippen LogP contribution >= 0.6 is 47.2 Å². The molecule has 0 saturated carbocycles. The van der Waals surface area contributed by atoms with Gasteiger partial charge in [0, 0.05) is 29.1 Å². The Kier molecular flexibility index (Phi) is 11.0. The number of nitrogens with one attached hydrogen (secondary N) is 3. The number of amides is 1. The Morgan fingerprint density at radius 1 is 1.34 bits per heavy atom. The van der Waals surface area contributed by atoms with E-state index in [1.165, 1.54) is 0 Å². The molecule has 1 aliphatic heterocycles. The first-order chi connectivity index (χ1) is 13.2. The molecule has 1 aromatic rings. The van der Waals surface area contributed by atoms with E-state index in [0.717, 1.165) is 5.56 Å². The maximum Gasteiger partial charge on any atom is 0.222 e. The molecule has 2 rings (SSSR count). The molecule has 0 radical (unpaired) electrons. The number of carbonyl (C=O) groups excluding carboxylic acids is 1. The van der Waals surface area contributed by atoms with Crippen LogP contribution in [0.25, 0.3) is 0 Å². The van der Waals surface area contributed by atoms with Gasteiger partial charge in [-0.25, -0.2) is 8.42 Å². The zero-order valence-electron chi connectivity index (χ0n) is 16.4. The summed E-state index contributed by atoms with van der Waals surface area (Å²) in [6.45, 7) is 4.85. The topological polar surface area (TPSA) is 99.7 Å². The van der Waals surface area contributed by atoms with Crippen LogP contribution in [0.1, 0.15) is 38.3 Å². The highest BCUT2D eigenvalue weighted by Gasteiger charge is 2.28. The summed E-state index contributed by atoms with van der Waals surface area (Å²) in [5, 5.41) is 10.3. The van der Waals surface area contributed by atoms with Crippen LogP contribution in [0.5, 0.6) is 0 Å². The summed E-state index contributed by atoms with van der Waals surface area (Å²) in [4.78, 5) is 16.4. The van der Waals surface area contributed by atoms with Crippen molar-refractivity contribution in [3.05, 3.63) is 33.8 Å². The van der Waals surface area contributed by atoms with Gasteiger partial charge in [-0.15, -0.1) is 24.0 Å². The van der Waals surface area contributed by atoms with Gasteiger partial charge in [0.1, 0.15) is 0 Å². The molecular weight excluding hydrogens is 550 g/mol. The van der Waals surface area contributed by atoms with Crippen molar-refractivity contribution in [2.45, 2.75) is 38.8 Å². The van der Waals surface area contributed by atoms with E-state index in [1.54, 1.807) is 12.1 Å². The maximum absolute atomic E-state index is 12.0. The Morgan fingerprint density at radius 3 is 2.66 bits per heavy atom. The minimum atomic E-state index is -3.01. The number of aliphatic imine (C=N–C) groups is 1. The smallest absolute Gasteiger partial charge is 0.222 e. The number of sulfone groups is 1. The summed E-state index contributed by atoms with van der Waals surface area (Å²) in [5.74, 6) is 0.522. The third-order valence-corrected chi connectivity index (χ3v) is 6.66. The van der Waals surface area contributed by atoms with E-state index in [0.29, 0.717) is 29.0 Å². The monoisotopic (exact) mass is 576 g/mol. The van der Waals surface area contributed by atoms with Crippen molar-refractivity contribution in [3.8, 4) is 0 Å². The molecule has 164 valence electrons. The SMILES string of the molecule is CCNC(=NCCC(=O)NC1CCS(=O)(=O)C1)NC(C)c1ccc(Cl)cc1Cl.I. The molecule has 0 spiro atoms. The third kappa shape index (κ3) is 8.85. The molecule has 0 aliphatic carbocycles. The van der Waals surface area contributed by atoms with E-state index < -0.39 is 9.84 Å². The number of hydrogen-bond donors (Lipinski definition) is 3. The molecule has 1 aromatic carbocycles. The van der Waals surface area contributed by atoms with Crippen molar-refractivity contribution in [2.75, 3.05) is 24.6 Å². The van der Waals surface area contributed by atoms with Crippen molar-refractivity contribution in [1.82, 2.24) is 16.0 Å². The van der Waals surface area contributed by atoms with Crippen LogP contribution in [-0.2, 0) is 14.6 Å². The highest BCUT2D eigenvalue weighted by molar-refractivity contribution is 14.0. The quantitative estimate of drug-likeness (QED) is 0.263. The van der Waals surface area contributed by atoms with Crippen molar-refractivity contribution in [2.24, 2.45) is 4.99 Å². The summed E-state index contributed by atoms with van der Waals surface area (Å²) in [5.41, 5.74) is 0.886. The molecule has 1 amide bonds. The molecule has 1 fully saturated rings. The summed E-state index contributed by atoms with van der Waals surface area (Å²) in [6.07, 6.45) is 0.657. The Bertz CT molecular complexity index is 836. The van der Waals surface area contributed by atoms with Crippen LogP contribution in [0.3, 0.4) is 0 Å². The first-order valence-electron chi connectivity index (χ1n) is 9.19. The lowest BCUT2D eigenvalue weighted by Crippen LogP contribution is -2.39. The predicted octanol–water partition coefficient (Wildman–Crippen LogP) is 2.92. The lowest BCUT2D eigenvalue weighted by Gasteiger charge is -2.19. The Labute approximate surface area is 199 Å². The first kappa shape index (κ1) is 26.3. The van der Waals surface area contributed by atoms with E-state index in [2.05, 4.69) is 20.9 Å². The molecule has 2 atom stereocenters. The number of hydrogen-bond acceptors (Lipinski definition) is 4. The zero-order valence-corrected chi connectivity index (χ0v) is 21.0. The minimum absolute atomic E-state index is 0. The lowest BCUT2D eigenvalue weighted by atomic mass is 10.1. The standard InChI is InChI=1S/C18H26Cl2N4O3S.HI/c1-3-21-18(23-12(2)15-5-4-13(19)10-16(15)20)22-8-6-17(25)24-14-7-9-28(26,27)11-14;/h4-5,10,12,14H,3,6-9,11H2,1-2H3,(H,24,25)(H2,21,22,23);1H. The van der Waals surface area contributed by atoms with Crippen molar-refractivity contribution < 1.29 is 13.2 Å². The Morgan fingerprint density at radius 2 is 2.07 bits per heavy atom. The molecular formula is C18H27Cl2IN4O3S. The molecule has 0 aromatic heterocycles. The molecule has 7 nitrogen and oxygen atoms in total. The molecule has 2 unspecified atom stereocenters. The Balaban J connectivity index is 0.00000420. The molecule has 0 bridgehead atoms. The van der Waals surface area contributed by atoms with Crippen molar-refractivity contribution in [1.29, 1.82) is 0 Å². The largest absolute Gasteiger partial charge is 0.357 e. The van der Waals surface area contributed by atoms with Gasteiger partial charge >= 0.3 is 0 Å². The number of halogens is 3. The van der Waals surface area contributed by atoms with Gasteiger partial charge in [-0.05, 0) is 38.0 Å². The van der Waals surface area contributed by atoms with E-state index in [4.69, 9.17) is 23.2 Å². The fraction of sp³-hybridized carbons (Fsp3) is 0.556. The van der Waals surface area contributed by atoms with Crippen LogP contribution in [0.15, 0.2) is 23.2 Å². The predicted molar refractivity (Wildman–Crippen MR) is 129 cm³/mol. The lowest BCUT2D eigenvalue weighted by molar-refractivity contribution is -0.121. The van der Waals surface area contributed by atoms with Gasteiger partial charge in [0.15, 0.2) is 15.8 Å². The fourth-order valence-corrected chi connectivity index (χ4v) is 5.18. The average molecular weight is 577 g/mol. The Hall–Kier alpha value is -0.780. The third-order valence-electron chi connectivity index (χ3n) is 4.33. The second kappa shape index (κ2) is 12.2. The van der Waals surface area contributed by atoms with Crippen LogP contribution < -0.4 is 16.0 Å². The van der Waals surface area contributed by atoms with E-state index in [9.17, 15) is 13.2 Å². The normalized spacial score (nSPS) is 19.2. The molecule has 1 heterocycles. The van der Waals surface area contributed by atoms with Gasteiger partial charge in [-0.2, -0.15) is 0 Å². The molecule has 3 N–H and O–H groups in total. The van der Waals surface area contributed by atoms with Crippen molar-refractivity contribution >= 4 is 68.9 Å². The maximum atomic E-state index is 12.0. The van der Waals surface area contributed by atoms with Crippen LogP contribution in [0.4, 0.5) is 0 Å². The van der Waals surface area contributed by atoms with E-state index in [-0.39, 0.29) is 66.4 Å². The fourth-order valence-electron chi connectivity index (χ4n) is 2.93. The van der Waals surface area contributed by atoms with E-state index in [1.807, 2.05) is 19.9 Å². The summed E-state index contributed by atoms with van der Waals surface area (Å²) < 4.78 is 22.9. The van der Waals surface area contributed by atoms with Crippen LogP contribution in [-0.4, -0.2) is 50.9 Å². The van der Waals surface area contributed by atoms with Gasteiger partial charge < -0.3 is 16.0 Å². The molecule has 29 heavy (non-hydrogen) atoms. The molecule has 1 aliphatic rings. The highest BCUT2D eigenvalue weighted by Crippen LogP contribution is 2.26. The second-order valence-electron chi connectivity index (χ2n) is 6.71. The summed E-state index contributed by atoms with van der Waals surface area (Å²) in [6, 6.07) is 4.92. The number of nitrogens with zero attached hydrogens (tertiary/aromatic N) is 1. The van der Waals surface area contributed by atoms with Gasteiger partial charge in [0.05, 0.1) is 24.1 Å². The van der Waals surface area contributed by atoms with Crippen LogP contribution in [0.2, 0.25) is 10.0 Å². The average Bonchev–Trinajstić information content (AvgIpc) is 2.93. The van der Waals surface area contributed by atoms with Crippen LogP contribution in [0, 0.1) is 0 Å². The minimum Gasteiger partial charge on any atom is -0.357 e. The van der Waals surface area contributed by atoms with Gasteiger partial charge in [0.2, 0.25) is 5.91 Å². The molecule has 11 heteroatoms. The number of guanidine groups is 1. The van der Waals surface area contributed by atoms with Gasteiger partial charge in [-0.1, -0.05) is 29.3 Å². The summed E-state index contributed by atoms with van der Waals surface area (Å²) >= 11 is 12.2. The molecule has 1 saturated heterocycles. The number of benzene rings is 1. The summed E-state index contributed by atoms with van der Waals surface area (Å²) in [7, 11) is -3.01. The highest BCUT2D eigenvalue weighted by atomic mass is 127. The first-order valence-corrected chi connectivity index (χ1v) is 11.8. The number of carbonyl (C=O) groups is 1. The van der Waals surface area contributed by atoms with Gasteiger partial charge in [0.25, 0.3) is 0 Å².